The van der Waals surface area contributed by atoms with Crippen molar-refractivity contribution in [1.82, 2.24) is 4.98 Å². The number of hydrogen-bond acceptors (Lipinski definition) is 3. The largest absolute Gasteiger partial charge is 0.508 e. The number of aromatic nitrogens is 1. The van der Waals surface area contributed by atoms with Crippen LogP contribution >= 0.6 is 0 Å². The van der Waals surface area contributed by atoms with Crippen molar-refractivity contribution in [3.8, 4) is 5.75 Å². The Morgan fingerprint density at radius 1 is 0.933 bits per heavy atom. The Hall–Kier alpha value is -2.16. The van der Waals surface area contributed by atoms with Gasteiger partial charge in [-0.15, -0.1) is 0 Å². The first-order chi connectivity index (χ1) is 7.27. The minimum Gasteiger partial charge on any atom is -0.508 e. The molecular formula is C12H10N2O. The molecule has 1 heterocycles. The Bertz CT molecular complexity index is 463. The standard InChI is InChI=1S/C12H10N2O/c13-12(10-5-7-14-8-6-10)9-1-3-11(15)4-2-9/h1-8,13,15H. The summed E-state index contributed by atoms with van der Waals surface area (Å²) >= 11 is 0. The molecule has 0 amide bonds. The van der Waals surface area contributed by atoms with Gasteiger partial charge in [-0.05, 0) is 36.4 Å². The molecule has 0 spiro atoms. The van der Waals surface area contributed by atoms with Crippen LogP contribution in [-0.2, 0) is 0 Å². The van der Waals surface area contributed by atoms with Crippen molar-refractivity contribution >= 4 is 5.71 Å². The third-order valence-electron chi connectivity index (χ3n) is 2.12. The van der Waals surface area contributed by atoms with Crippen molar-refractivity contribution in [3.05, 3.63) is 59.9 Å². The molecule has 15 heavy (non-hydrogen) atoms. The van der Waals surface area contributed by atoms with E-state index < -0.39 is 0 Å². The molecule has 74 valence electrons. The molecule has 0 aliphatic heterocycles. The lowest BCUT2D eigenvalue weighted by molar-refractivity contribution is 0.475. The van der Waals surface area contributed by atoms with Gasteiger partial charge in [0.1, 0.15) is 5.75 Å². The van der Waals surface area contributed by atoms with Crippen LogP contribution in [0.25, 0.3) is 0 Å². The van der Waals surface area contributed by atoms with E-state index in [-0.39, 0.29) is 5.75 Å². The second-order valence-electron chi connectivity index (χ2n) is 3.16. The molecule has 1 aromatic carbocycles. The summed E-state index contributed by atoms with van der Waals surface area (Å²) in [6.07, 6.45) is 3.31. The van der Waals surface area contributed by atoms with Gasteiger partial charge >= 0.3 is 0 Å². The van der Waals surface area contributed by atoms with Crippen LogP contribution in [0.15, 0.2) is 48.8 Å². The van der Waals surface area contributed by atoms with Gasteiger partial charge < -0.3 is 5.11 Å². The maximum atomic E-state index is 9.13. The number of nitrogens with zero attached hydrogens (tertiary/aromatic N) is 1. The van der Waals surface area contributed by atoms with Crippen molar-refractivity contribution in [2.75, 3.05) is 0 Å². The van der Waals surface area contributed by atoms with Gasteiger partial charge in [0.25, 0.3) is 0 Å². The Labute approximate surface area is 87.6 Å². The number of rotatable bonds is 2. The van der Waals surface area contributed by atoms with Crippen LogP contribution in [0.1, 0.15) is 11.1 Å². The number of benzene rings is 1. The molecule has 2 rings (SSSR count). The molecule has 0 unspecified atom stereocenters. The fourth-order valence-electron chi connectivity index (χ4n) is 1.31. The second-order valence-corrected chi connectivity index (χ2v) is 3.16. The van der Waals surface area contributed by atoms with Crippen LogP contribution in [0.3, 0.4) is 0 Å². The molecule has 0 fully saturated rings. The normalized spacial score (nSPS) is 9.87. The van der Waals surface area contributed by atoms with Gasteiger partial charge in [0.05, 0.1) is 5.71 Å². The third kappa shape index (κ3) is 2.02. The van der Waals surface area contributed by atoms with Crippen molar-refractivity contribution < 1.29 is 5.11 Å². The second kappa shape index (κ2) is 3.92. The highest BCUT2D eigenvalue weighted by Gasteiger charge is 2.03. The summed E-state index contributed by atoms with van der Waals surface area (Å²) in [5.74, 6) is 0.210. The zero-order chi connectivity index (χ0) is 10.7. The van der Waals surface area contributed by atoms with Crippen molar-refractivity contribution in [2.24, 2.45) is 0 Å². The van der Waals surface area contributed by atoms with E-state index in [9.17, 15) is 0 Å². The van der Waals surface area contributed by atoms with Gasteiger partial charge in [0.2, 0.25) is 0 Å². The predicted molar refractivity (Wildman–Crippen MR) is 58.3 cm³/mol. The van der Waals surface area contributed by atoms with Crippen molar-refractivity contribution in [3.63, 3.8) is 0 Å². The number of pyridine rings is 1. The molecule has 2 aromatic rings. The zero-order valence-electron chi connectivity index (χ0n) is 8.01. The molecule has 0 saturated carbocycles. The lowest BCUT2D eigenvalue weighted by atomic mass is 10.0. The fourth-order valence-corrected chi connectivity index (χ4v) is 1.31. The van der Waals surface area contributed by atoms with E-state index in [0.29, 0.717) is 5.71 Å². The minimum atomic E-state index is 0.210. The lowest BCUT2D eigenvalue weighted by Crippen LogP contribution is -2.00. The van der Waals surface area contributed by atoms with E-state index in [1.54, 1.807) is 48.8 Å². The Kier molecular flexibility index (Phi) is 2.46. The molecule has 0 radical (unpaired) electrons. The summed E-state index contributed by atoms with van der Waals surface area (Å²) in [5, 5.41) is 17.1. The molecule has 0 aliphatic carbocycles. The molecular weight excluding hydrogens is 188 g/mol. The topological polar surface area (TPSA) is 57.0 Å². The fraction of sp³-hybridized carbons (Fsp3) is 0. The van der Waals surface area contributed by atoms with Crippen LogP contribution in [0.2, 0.25) is 0 Å². The summed E-state index contributed by atoms with van der Waals surface area (Å²) in [4.78, 5) is 3.90. The van der Waals surface area contributed by atoms with Crippen LogP contribution < -0.4 is 0 Å². The first-order valence-electron chi connectivity index (χ1n) is 4.56. The summed E-state index contributed by atoms with van der Waals surface area (Å²) in [5.41, 5.74) is 2.02. The van der Waals surface area contributed by atoms with E-state index >= 15 is 0 Å². The van der Waals surface area contributed by atoms with E-state index in [2.05, 4.69) is 4.98 Å². The van der Waals surface area contributed by atoms with Crippen LogP contribution in [-0.4, -0.2) is 15.8 Å². The van der Waals surface area contributed by atoms with E-state index in [1.165, 1.54) is 0 Å². The van der Waals surface area contributed by atoms with Gasteiger partial charge in [0.15, 0.2) is 0 Å². The molecule has 3 heteroatoms. The van der Waals surface area contributed by atoms with Crippen LogP contribution in [0.5, 0.6) is 5.75 Å². The lowest BCUT2D eigenvalue weighted by Gasteiger charge is -2.03. The number of phenols is 1. The summed E-state index contributed by atoms with van der Waals surface area (Å²) in [7, 11) is 0. The number of hydrogen-bond donors (Lipinski definition) is 2. The zero-order valence-corrected chi connectivity index (χ0v) is 8.01. The van der Waals surface area contributed by atoms with Gasteiger partial charge in [-0.1, -0.05) is 0 Å². The van der Waals surface area contributed by atoms with Crippen LogP contribution in [0, 0.1) is 5.41 Å². The SMILES string of the molecule is N=C(c1ccncc1)c1ccc(O)cc1. The first kappa shape index (κ1) is 9.40. The van der Waals surface area contributed by atoms with E-state index in [0.717, 1.165) is 11.1 Å². The molecule has 0 aliphatic rings. The van der Waals surface area contributed by atoms with E-state index in [4.69, 9.17) is 10.5 Å². The first-order valence-corrected chi connectivity index (χ1v) is 4.56. The van der Waals surface area contributed by atoms with E-state index in [1.807, 2.05) is 0 Å². The summed E-state index contributed by atoms with van der Waals surface area (Å²) < 4.78 is 0. The van der Waals surface area contributed by atoms with Gasteiger partial charge in [0, 0.05) is 23.5 Å². The maximum Gasteiger partial charge on any atom is 0.115 e. The smallest absolute Gasteiger partial charge is 0.115 e. The van der Waals surface area contributed by atoms with Gasteiger partial charge in [-0.2, -0.15) is 0 Å². The van der Waals surface area contributed by atoms with Gasteiger partial charge in [-0.3, -0.25) is 10.4 Å². The number of phenolic OH excluding ortho intramolecular Hbond substituents is 1. The van der Waals surface area contributed by atoms with Gasteiger partial charge in [-0.25, -0.2) is 0 Å². The molecule has 3 nitrogen and oxygen atoms in total. The molecule has 0 atom stereocenters. The minimum absolute atomic E-state index is 0.210. The summed E-state index contributed by atoms with van der Waals surface area (Å²) in [6, 6.07) is 10.2. The number of nitrogens with one attached hydrogen (secondary N) is 1. The third-order valence-corrected chi connectivity index (χ3v) is 2.12. The van der Waals surface area contributed by atoms with Crippen molar-refractivity contribution in [2.45, 2.75) is 0 Å². The highest BCUT2D eigenvalue weighted by atomic mass is 16.3. The monoisotopic (exact) mass is 198 g/mol. The highest BCUT2D eigenvalue weighted by molar-refractivity contribution is 6.10. The average Bonchev–Trinajstić information content (AvgIpc) is 2.30. The summed E-state index contributed by atoms with van der Waals surface area (Å²) in [6.45, 7) is 0. The quantitative estimate of drug-likeness (QED) is 0.727. The van der Waals surface area contributed by atoms with Crippen molar-refractivity contribution in [1.29, 1.82) is 5.41 Å². The Morgan fingerprint density at radius 2 is 1.47 bits per heavy atom. The maximum absolute atomic E-state index is 9.13. The molecule has 0 saturated heterocycles. The Morgan fingerprint density at radius 3 is 2.07 bits per heavy atom. The molecule has 0 bridgehead atoms. The highest BCUT2D eigenvalue weighted by Crippen LogP contribution is 2.13. The number of aromatic hydroxyl groups is 1. The molecule has 1 aromatic heterocycles. The Balaban J connectivity index is 2.33. The average molecular weight is 198 g/mol. The van der Waals surface area contributed by atoms with Crippen LogP contribution in [0.4, 0.5) is 0 Å². The predicted octanol–water partition coefficient (Wildman–Crippen LogP) is 2.20. The molecule has 2 N–H and O–H groups in total.